The Hall–Kier alpha value is -2.08. The second-order valence-corrected chi connectivity index (χ2v) is 6.31. The van der Waals surface area contributed by atoms with E-state index < -0.39 is 0 Å². The summed E-state index contributed by atoms with van der Waals surface area (Å²) in [6.07, 6.45) is 0.834. The van der Waals surface area contributed by atoms with Crippen molar-refractivity contribution in [3.05, 3.63) is 34.3 Å². The van der Waals surface area contributed by atoms with E-state index >= 15 is 0 Å². The van der Waals surface area contributed by atoms with Crippen LogP contribution in [0.25, 0.3) is 0 Å². The second kappa shape index (κ2) is 8.68. The van der Waals surface area contributed by atoms with E-state index in [-0.39, 0.29) is 5.78 Å². The maximum Gasteiger partial charge on any atom is 0.183 e. The van der Waals surface area contributed by atoms with Gasteiger partial charge in [-0.3, -0.25) is 4.79 Å². The highest BCUT2D eigenvalue weighted by atomic mass is 32.1. The third kappa shape index (κ3) is 4.71. The van der Waals surface area contributed by atoms with E-state index in [1.807, 2.05) is 39.0 Å². The highest BCUT2D eigenvalue weighted by Gasteiger charge is 2.11. The Bertz CT molecular complexity index is 698. The van der Waals surface area contributed by atoms with Gasteiger partial charge in [-0.2, -0.15) is 0 Å². The Morgan fingerprint density at radius 1 is 1.21 bits per heavy atom. The largest absolute Gasteiger partial charge is 0.490 e. The summed E-state index contributed by atoms with van der Waals surface area (Å²) in [6.45, 7) is 9.31. The number of Topliss-reactive ketones (excluding diaryl/α,β-unsaturated/α-hetero) is 1. The third-order valence-corrected chi connectivity index (χ3v) is 4.63. The molecule has 0 saturated heterocycles. The molecule has 5 nitrogen and oxygen atoms in total. The molecule has 0 spiro atoms. The van der Waals surface area contributed by atoms with Gasteiger partial charge in [-0.05, 0) is 44.9 Å². The number of rotatable bonds is 9. The van der Waals surface area contributed by atoms with Crippen LogP contribution in [-0.4, -0.2) is 30.5 Å². The highest BCUT2D eigenvalue weighted by Crippen LogP contribution is 2.29. The molecule has 0 bridgehead atoms. The molecule has 0 aliphatic heterocycles. The number of carbonyl (C=O) groups is 1. The lowest BCUT2D eigenvalue weighted by Crippen LogP contribution is -2.05. The molecular weight excluding hydrogens is 324 g/mol. The van der Waals surface area contributed by atoms with Crippen molar-refractivity contribution in [2.75, 3.05) is 25.1 Å². The van der Waals surface area contributed by atoms with Gasteiger partial charge in [0.15, 0.2) is 22.4 Å². The number of nitrogens with one attached hydrogen (secondary N) is 1. The van der Waals surface area contributed by atoms with Crippen LogP contribution in [0.1, 0.15) is 41.7 Å². The van der Waals surface area contributed by atoms with Crippen LogP contribution in [0.2, 0.25) is 0 Å². The molecule has 130 valence electrons. The predicted octanol–water partition coefficient (Wildman–Crippen LogP) is 4.11. The third-order valence-electron chi connectivity index (χ3n) is 3.41. The molecule has 1 aromatic heterocycles. The number of ether oxygens (including phenoxy) is 2. The molecule has 0 unspecified atom stereocenters. The zero-order valence-corrected chi connectivity index (χ0v) is 15.5. The van der Waals surface area contributed by atoms with Gasteiger partial charge in [-0.25, -0.2) is 4.98 Å². The van der Waals surface area contributed by atoms with Gasteiger partial charge in [0.1, 0.15) is 0 Å². The minimum absolute atomic E-state index is 0.0610. The monoisotopic (exact) mass is 348 g/mol. The fourth-order valence-electron chi connectivity index (χ4n) is 2.36. The van der Waals surface area contributed by atoms with Gasteiger partial charge in [0.25, 0.3) is 0 Å². The van der Waals surface area contributed by atoms with Gasteiger partial charge in [-0.1, -0.05) is 17.4 Å². The summed E-state index contributed by atoms with van der Waals surface area (Å²) in [6, 6.07) is 6.01. The lowest BCUT2D eigenvalue weighted by Gasteiger charge is -2.12. The summed E-state index contributed by atoms with van der Waals surface area (Å²) in [4.78, 5) is 16.6. The van der Waals surface area contributed by atoms with E-state index in [1.54, 1.807) is 6.92 Å². The topological polar surface area (TPSA) is 60.5 Å². The summed E-state index contributed by atoms with van der Waals surface area (Å²) < 4.78 is 11.2. The van der Waals surface area contributed by atoms with E-state index in [1.165, 1.54) is 11.3 Å². The molecule has 0 aliphatic carbocycles. The quantitative estimate of drug-likeness (QED) is 0.691. The molecule has 2 rings (SSSR count). The van der Waals surface area contributed by atoms with Crippen molar-refractivity contribution in [2.24, 2.45) is 0 Å². The molecule has 6 heteroatoms. The summed E-state index contributed by atoms with van der Waals surface area (Å²) in [5.41, 5.74) is 1.95. The molecule has 0 amide bonds. The van der Waals surface area contributed by atoms with Crippen LogP contribution in [0.3, 0.4) is 0 Å². The second-order valence-electron chi connectivity index (χ2n) is 5.31. The first-order valence-corrected chi connectivity index (χ1v) is 8.97. The number of thiazole rings is 1. The van der Waals surface area contributed by atoms with Crippen LogP contribution in [-0.2, 0) is 6.42 Å². The fourth-order valence-corrected chi connectivity index (χ4v) is 3.25. The number of aryl methyl sites for hydroxylation is 1. The van der Waals surface area contributed by atoms with E-state index in [9.17, 15) is 4.79 Å². The number of ketones is 1. The van der Waals surface area contributed by atoms with Crippen molar-refractivity contribution in [3.63, 3.8) is 0 Å². The van der Waals surface area contributed by atoms with Crippen LogP contribution < -0.4 is 14.8 Å². The van der Waals surface area contributed by atoms with Crippen molar-refractivity contribution >= 4 is 22.3 Å². The van der Waals surface area contributed by atoms with Crippen molar-refractivity contribution < 1.29 is 14.3 Å². The number of hydrogen-bond donors (Lipinski definition) is 1. The maximum absolute atomic E-state index is 11.5. The van der Waals surface area contributed by atoms with E-state index in [0.29, 0.717) is 13.2 Å². The van der Waals surface area contributed by atoms with Gasteiger partial charge in [-0.15, -0.1) is 0 Å². The van der Waals surface area contributed by atoms with Crippen molar-refractivity contribution in [2.45, 2.75) is 34.1 Å². The Morgan fingerprint density at radius 3 is 2.54 bits per heavy atom. The normalized spacial score (nSPS) is 10.5. The Kier molecular flexibility index (Phi) is 6.61. The molecule has 0 radical (unpaired) electrons. The van der Waals surface area contributed by atoms with Gasteiger partial charge in [0, 0.05) is 13.5 Å². The molecule has 0 fully saturated rings. The van der Waals surface area contributed by atoms with E-state index in [0.717, 1.165) is 45.7 Å². The van der Waals surface area contributed by atoms with Gasteiger partial charge in [0.05, 0.1) is 23.8 Å². The molecule has 1 heterocycles. The number of aromatic nitrogens is 1. The van der Waals surface area contributed by atoms with Crippen LogP contribution in [0.15, 0.2) is 18.2 Å². The molecule has 0 atom stereocenters. The molecule has 2 aromatic rings. The zero-order chi connectivity index (χ0) is 17.5. The molecule has 0 aliphatic rings. The summed E-state index contributed by atoms with van der Waals surface area (Å²) in [5.74, 6) is 1.62. The summed E-state index contributed by atoms with van der Waals surface area (Å²) in [7, 11) is 0. The number of carbonyl (C=O) groups excluding carboxylic acids is 1. The average Bonchev–Trinajstić information content (AvgIpc) is 2.91. The lowest BCUT2D eigenvalue weighted by atomic mass is 10.1. The summed E-state index contributed by atoms with van der Waals surface area (Å²) in [5, 5.41) is 4.07. The van der Waals surface area contributed by atoms with Gasteiger partial charge >= 0.3 is 0 Å². The first-order chi connectivity index (χ1) is 11.5. The predicted molar refractivity (Wildman–Crippen MR) is 97.8 cm³/mol. The van der Waals surface area contributed by atoms with Crippen LogP contribution >= 0.6 is 11.3 Å². The first kappa shape index (κ1) is 18.3. The Labute approximate surface area is 147 Å². The molecule has 1 aromatic carbocycles. The van der Waals surface area contributed by atoms with Crippen molar-refractivity contribution in [3.8, 4) is 11.5 Å². The highest BCUT2D eigenvalue weighted by molar-refractivity contribution is 7.17. The first-order valence-electron chi connectivity index (χ1n) is 8.15. The minimum Gasteiger partial charge on any atom is -0.490 e. The Morgan fingerprint density at radius 2 is 1.92 bits per heavy atom. The number of hydrogen-bond acceptors (Lipinski definition) is 6. The van der Waals surface area contributed by atoms with E-state index in [4.69, 9.17) is 9.47 Å². The van der Waals surface area contributed by atoms with Crippen molar-refractivity contribution in [1.29, 1.82) is 0 Å². The lowest BCUT2D eigenvalue weighted by molar-refractivity contribution is 0.102. The van der Waals surface area contributed by atoms with Gasteiger partial charge < -0.3 is 14.8 Å². The van der Waals surface area contributed by atoms with E-state index in [2.05, 4.69) is 10.3 Å². The van der Waals surface area contributed by atoms with Crippen LogP contribution in [0.5, 0.6) is 11.5 Å². The Balaban J connectivity index is 1.97. The fraction of sp³-hybridized carbons (Fsp3) is 0.444. The van der Waals surface area contributed by atoms with Gasteiger partial charge in [0.2, 0.25) is 0 Å². The zero-order valence-electron chi connectivity index (χ0n) is 14.6. The summed E-state index contributed by atoms with van der Waals surface area (Å²) >= 11 is 1.41. The molecular formula is C18H24N2O3S. The number of anilines is 1. The van der Waals surface area contributed by atoms with Crippen LogP contribution in [0, 0.1) is 6.92 Å². The van der Waals surface area contributed by atoms with Crippen molar-refractivity contribution in [1.82, 2.24) is 4.98 Å². The maximum atomic E-state index is 11.5. The molecule has 1 N–H and O–H groups in total. The minimum atomic E-state index is 0.0610. The smallest absolute Gasteiger partial charge is 0.183 e. The number of nitrogens with zero attached hydrogens (tertiary/aromatic N) is 1. The molecule has 0 saturated carbocycles. The SMILES string of the molecule is CCOc1ccc(CCNc2nc(C)c(C(C)=O)s2)cc1OCC. The number of benzene rings is 1. The molecule has 24 heavy (non-hydrogen) atoms. The standard InChI is InChI=1S/C18H24N2O3S/c1-5-22-15-8-7-14(11-16(15)23-6-2)9-10-19-18-20-12(3)17(24-18)13(4)21/h7-8,11H,5-6,9-10H2,1-4H3,(H,19,20). The van der Waals surface area contributed by atoms with Crippen LogP contribution in [0.4, 0.5) is 5.13 Å². The average molecular weight is 348 g/mol.